The molecule has 2 atom stereocenters. The first kappa shape index (κ1) is 21.6. The molecular formula is C21H25ClN2O4. The molecule has 6 nitrogen and oxygen atoms in total. The van der Waals surface area contributed by atoms with E-state index in [2.05, 4.69) is 24.7 Å². The fourth-order valence-electron chi connectivity index (χ4n) is 2.32. The van der Waals surface area contributed by atoms with Gasteiger partial charge in [-0.2, -0.15) is 0 Å². The van der Waals surface area contributed by atoms with Gasteiger partial charge in [-0.3, -0.25) is 20.4 Å². The summed E-state index contributed by atoms with van der Waals surface area (Å²) in [5.41, 5.74) is 5.84. The lowest BCUT2D eigenvalue weighted by molar-refractivity contribution is -0.133. The van der Waals surface area contributed by atoms with Crippen molar-refractivity contribution in [1.29, 1.82) is 0 Å². The molecule has 2 rings (SSSR count). The van der Waals surface area contributed by atoms with E-state index in [1.165, 1.54) is 5.56 Å². The van der Waals surface area contributed by atoms with E-state index in [0.29, 0.717) is 22.4 Å². The summed E-state index contributed by atoms with van der Waals surface area (Å²) in [6, 6.07) is 14.3. The maximum atomic E-state index is 12.0. The number of halogens is 1. The summed E-state index contributed by atoms with van der Waals surface area (Å²) >= 11 is 5.80. The SMILES string of the molecule is CCC(C)c1ccc(OCC(=O)NNC(=O)C(C)Oc2ccc(Cl)cc2)cc1. The molecule has 28 heavy (non-hydrogen) atoms. The first-order chi connectivity index (χ1) is 13.4. The molecule has 150 valence electrons. The van der Waals surface area contributed by atoms with Crippen molar-refractivity contribution in [2.45, 2.75) is 39.2 Å². The van der Waals surface area contributed by atoms with Crippen LogP contribution in [-0.2, 0) is 9.59 Å². The van der Waals surface area contributed by atoms with Crippen LogP contribution in [0.1, 0.15) is 38.7 Å². The van der Waals surface area contributed by atoms with Gasteiger partial charge in [-0.05, 0) is 61.2 Å². The second-order valence-corrected chi connectivity index (χ2v) is 6.85. The van der Waals surface area contributed by atoms with Crippen molar-refractivity contribution in [3.63, 3.8) is 0 Å². The van der Waals surface area contributed by atoms with E-state index in [1.807, 2.05) is 24.3 Å². The quantitative estimate of drug-likeness (QED) is 0.655. The normalized spacial score (nSPS) is 12.6. The van der Waals surface area contributed by atoms with Gasteiger partial charge in [-0.25, -0.2) is 0 Å². The van der Waals surface area contributed by atoms with Crippen LogP contribution in [-0.4, -0.2) is 24.5 Å². The molecule has 0 aliphatic rings. The summed E-state index contributed by atoms with van der Waals surface area (Å²) in [6.45, 7) is 5.65. The molecule has 2 amide bonds. The maximum absolute atomic E-state index is 12.0. The van der Waals surface area contributed by atoms with E-state index >= 15 is 0 Å². The molecule has 2 aromatic carbocycles. The van der Waals surface area contributed by atoms with Crippen molar-refractivity contribution >= 4 is 23.4 Å². The van der Waals surface area contributed by atoms with Crippen LogP contribution >= 0.6 is 11.6 Å². The standard InChI is InChI=1S/C21H25ClN2O4/c1-4-14(2)16-5-9-18(10-6-16)27-13-20(25)23-24-21(26)15(3)28-19-11-7-17(22)8-12-19/h5-12,14-15H,4,13H2,1-3H3,(H,23,25)(H,24,26). The Labute approximate surface area is 170 Å². The molecule has 2 N–H and O–H groups in total. The number of carbonyl (C=O) groups excluding carboxylic acids is 2. The van der Waals surface area contributed by atoms with Crippen LogP contribution in [0.5, 0.6) is 11.5 Å². The number of hydrazine groups is 1. The van der Waals surface area contributed by atoms with Crippen LogP contribution in [0.15, 0.2) is 48.5 Å². The van der Waals surface area contributed by atoms with Gasteiger partial charge in [0.25, 0.3) is 11.8 Å². The second kappa shape index (κ2) is 10.6. The number of benzene rings is 2. The first-order valence-corrected chi connectivity index (χ1v) is 9.50. The molecule has 0 saturated heterocycles. The van der Waals surface area contributed by atoms with Crippen molar-refractivity contribution in [1.82, 2.24) is 10.9 Å². The Balaban J connectivity index is 1.72. The van der Waals surface area contributed by atoms with Crippen LogP contribution in [0.25, 0.3) is 0 Å². The number of nitrogens with one attached hydrogen (secondary N) is 2. The summed E-state index contributed by atoms with van der Waals surface area (Å²) in [4.78, 5) is 23.9. The Morgan fingerprint density at radius 2 is 1.57 bits per heavy atom. The van der Waals surface area contributed by atoms with Gasteiger partial charge < -0.3 is 9.47 Å². The summed E-state index contributed by atoms with van der Waals surface area (Å²) in [6.07, 6.45) is 0.262. The van der Waals surface area contributed by atoms with E-state index < -0.39 is 17.9 Å². The van der Waals surface area contributed by atoms with Gasteiger partial charge in [0.2, 0.25) is 0 Å². The minimum absolute atomic E-state index is 0.213. The fraction of sp³-hybridized carbons (Fsp3) is 0.333. The summed E-state index contributed by atoms with van der Waals surface area (Å²) in [7, 11) is 0. The van der Waals surface area contributed by atoms with E-state index in [4.69, 9.17) is 21.1 Å². The highest BCUT2D eigenvalue weighted by atomic mass is 35.5. The van der Waals surface area contributed by atoms with Crippen molar-refractivity contribution in [3.05, 3.63) is 59.1 Å². The molecule has 7 heteroatoms. The zero-order chi connectivity index (χ0) is 20.5. The van der Waals surface area contributed by atoms with Crippen LogP contribution in [0.4, 0.5) is 0 Å². The van der Waals surface area contributed by atoms with Crippen molar-refractivity contribution in [2.75, 3.05) is 6.61 Å². The fourth-order valence-corrected chi connectivity index (χ4v) is 2.44. The molecule has 0 aliphatic carbocycles. The molecule has 2 unspecified atom stereocenters. The topological polar surface area (TPSA) is 76.7 Å². The number of hydrogen-bond acceptors (Lipinski definition) is 4. The third-order valence-electron chi connectivity index (χ3n) is 4.25. The van der Waals surface area contributed by atoms with Crippen LogP contribution in [0.2, 0.25) is 5.02 Å². The molecule has 0 saturated carbocycles. The number of carbonyl (C=O) groups is 2. The predicted octanol–water partition coefficient (Wildman–Crippen LogP) is 3.85. The van der Waals surface area contributed by atoms with Gasteiger partial charge in [0.05, 0.1) is 0 Å². The molecule has 0 spiro atoms. The Bertz CT molecular complexity index is 778. The van der Waals surface area contributed by atoms with Gasteiger partial charge in [0.15, 0.2) is 12.7 Å². The zero-order valence-corrected chi connectivity index (χ0v) is 17.0. The highest BCUT2D eigenvalue weighted by Crippen LogP contribution is 2.21. The average molecular weight is 405 g/mol. The Morgan fingerprint density at radius 1 is 0.964 bits per heavy atom. The van der Waals surface area contributed by atoms with Crippen LogP contribution < -0.4 is 20.3 Å². The lowest BCUT2D eigenvalue weighted by Gasteiger charge is -2.15. The summed E-state index contributed by atoms with van der Waals surface area (Å²) in [5, 5.41) is 0.575. The van der Waals surface area contributed by atoms with E-state index in [0.717, 1.165) is 6.42 Å². The minimum Gasteiger partial charge on any atom is -0.484 e. The van der Waals surface area contributed by atoms with Crippen LogP contribution in [0, 0.1) is 0 Å². The lowest BCUT2D eigenvalue weighted by atomic mass is 9.99. The molecule has 0 bridgehead atoms. The van der Waals surface area contributed by atoms with Crippen molar-refractivity contribution in [3.8, 4) is 11.5 Å². The average Bonchev–Trinajstić information content (AvgIpc) is 2.71. The maximum Gasteiger partial charge on any atom is 0.279 e. The van der Waals surface area contributed by atoms with E-state index in [-0.39, 0.29) is 6.61 Å². The van der Waals surface area contributed by atoms with E-state index in [9.17, 15) is 9.59 Å². The molecule has 2 aromatic rings. The highest BCUT2D eigenvalue weighted by Gasteiger charge is 2.15. The van der Waals surface area contributed by atoms with Gasteiger partial charge in [-0.1, -0.05) is 37.6 Å². The van der Waals surface area contributed by atoms with Crippen LogP contribution in [0.3, 0.4) is 0 Å². The third kappa shape index (κ3) is 6.78. The van der Waals surface area contributed by atoms with Gasteiger partial charge in [0, 0.05) is 5.02 Å². The molecule has 0 radical (unpaired) electrons. The molecule has 0 aromatic heterocycles. The third-order valence-corrected chi connectivity index (χ3v) is 4.50. The monoisotopic (exact) mass is 404 g/mol. The number of rotatable bonds is 8. The first-order valence-electron chi connectivity index (χ1n) is 9.12. The second-order valence-electron chi connectivity index (χ2n) is 6.42. The van der Waals surface area contributed by atoms with Gasteiger partial charge >= 0.3 is 0 Å². The smallest absolute Gasteiger partial charge is 0.279 e. The van der Waals surface area contributed by atoms with Crippen molar-refractivity contribution < 1.29 is 19.1 Å². The minimum atomic E-state index is -0.796. The molecular weight excluding hydrogens is 380 g/mol. The Hall–Kier alpha value is -2.73. The predicted molar refractivity (Wildman–Crippen MR) is 108 cm³/mol. The number of hydrogen-bond donors (Lipinski definition) is 2. The zero-order valence-electron chi connectivity index (χ0n) is 16.2. The molecule has 0 heterocycles. The van der Waals surface area contributed by atoms with Gasteiger partial charge in [-0.15, -0.1) is 0 Å². The highest BCUT2D eigenvalue weighted by molar-refractivity contribution is 6.30. The van der Waals surface area contributed by atoms with Crippen molar-refractivity contribution in [2.24, 2.45) is 0 Å². The summed E-state index contributed by atoms with van der Waals surface area (Å²) < 4.78 is 10.9. The number of ether oxygens (including phenoxy) is 2. The number of amides is 2. The lowest BCUT2D eigenvalue weighted by Crippen LogP contribution is -2.48. The Kier molecular flexibility index (Phi) is 8.14. The molecule has 0 aliphatic heterocycles. The van der Waals surface area contributed by atoms with Gasteiger partial charge in [0.1, 0.15) is 11.5 Å². The molecule has 0 fully saturated rings. The summed E-state index contributed by atoms with van der Waals surface area (Å²) in [5.74, 6) is 0.611. The van der Waals surface area contributed by atoms with E-state index in [1.54, 1.807) is 31.2 Å². The Morgan fingerprint density at radius 3 is 2.18 bits per heavy atom. The largest absolute Gasteiger partial charge is 0.484 e.